The van der Waals surface area contributed by atoms with Gasteiger partial charge in [-0.05, 0) is 29.8 Å². The van der Waals surface area contributed by atoms with Gasteiger partial charge in [-0.2, -0.15) is 12.1 Å². The molecule has 0 aliphatic carbocycles. The van der Waals surface area contributed by atoms with Gasteiger partial charge < -0.3 is 20.1 Å². The number of allylic oxidation sites excluding steroid dienone is 2. The average molecular weight is 438 g/mol. The molecule has 0 bridgehead atoms. The van der Waals surface area contributed by atoms with Crippen LogP contribution in [-0.4, -0.2) is 30.6 Å². The zero-order valence-electron chi connectivity index (χ0n) is 15.0. The standard InChI is InChI=1S/C19H17O4.Na.H2O.Y/c1-22-17-5-3-4-14(12-17)6-9-16(20)10-7-15-8-11-18(21)19(13-15)23-2;;;/h3-4,6-13,21H,1-2H3;;1H2;/q-1;+1;;/p-1/b9-6+,10-7+;;;. The number of aromatic hydroxyl groups is 1. The Morgan fingerprint density at radius 2 is 1.65 bits per heavy atom. The number of ether oxygens (including phenoxy) is 2. The number of hydrogen-bond donors (Lipinski definition) is 1. The molecule has 0 heterocycles. The van der Waals surface area contributed by atoms with E-state index >= 15 is 0 Å². The summed E-state index contributed by atoms with van der Waals surface area (Å²) < 4.78 is 10.1. The van der Waals surface area contributed by atoms with Crippen LogP contribution in [0.4, 0.5) is 0 Å². The Labute approximate surface area is 200 Å². The molecule has 0 fully saturated rings. The molecule has 26 heavy (non-hydrogen) atoms. The molecule has 2 N–H and O–H groups in total. The van der Waals surface area contributed by atoms with Gasteiger partial charge in [0.25, 0.3) is 0 Å². The van der Waals surface area contributed by atoms with Crippen molar-refractivity contribution in [2.24, 2.45) is 0 Å². The smallest absolute Gasteiger partial charge is 0.870 e. The summed E-state index contributed by atoms with van der Waals surface area (Å²) in [7, 11) is 3.04. The van der Waals surface area contributed by atoms with E-state index in [1.807, 2.05) is 6.07 Å². The minimum absolute atomic E-state index is 0. The summed E-state index contributed by atoms with van der Waals surface area (Å²) in [6.07, 6.45) is 6.30. The van der Waals surface area contributed by atoms with Crippen LogP contribution in [0.5, 0.6) is 17.2 Å². The second-order valence-electron chi connectivity index (χ2n) is 4.69. The molecule has 0 amide bonds. The van der Waals surface area contributed by atoms with Crippen LogP contribution in [0.15, 0.2) is 48.6 Å². The van der Waals surface area contributed by atoms with E-state index in [4.69, 9.17) is 9.47 Å². The molecule has 0 aliphatic rings. The number of phenolic OH excluding ortho intramolecular Hbond substituents is 1. The molecule has 0 aromatic heterocycles. The van der Waals surface area contributed by atoms with Gasteiger partial charge in [0.05, 0.1) is 14.2 Å². The van der Waals surface area contributed by atoms with Crippen molar-refractivity contribution in [2.75, 3.05) is 14.2 Å². The summed E-state index contributed by atoms with van der Waals surface area (Å²) in [5.41, 5.74) is 1.62. The Morgan fingerprint density at radius 1 is 1.04 bits per heavy atom. The SMILES string of the molecule is COc1[c-]ccc(/C=C/C(=O)/C=C/c2ccc(O)c(OC)c2)c1.[Na+].[OH-].[Y]. The first kappa shape index (κ1) is 27.3. The predicted octanol–water partition coefficient (Wildman–Crippen LogP) is 0.330. The van der Waals surface area contributed by atoms with Gasteiger partial charge in [0.2, 0.25) is 0 Å². The third kappa shape index (κ3) is 8.63. The van der Waals surface area contributed by atoms with Gasteiger partial charge >= 0.3 is 29.6 Å². The van der Waals surface area contributed by atoms with Crippen LogP contribution in [0, 0.1) is 6.07 Å². The minimum Gasteiger partial charge on any atom is -0.870 e. The normalized spacial score (nSPS) is 9.77. The molecule has 0 saturated heterocycles. The Morgan fingerprint density at radius 3 is 2.23 bits per heavy atom. The van der Waals surface area contributed by atoms with Crippen LogP contribution in [-0.2, 0) is 37.5 Å². The van der Waals surface area contributed by atoms with Gasteiger partial charge in [0, 0.05) is 38.5 Å². The van der Waals surface area contributed by atoms with E-state index < -0.39 is 0 Å². The zero-order chi connectivity index (χ0) is 16.7. The Hall–Kier alpha value is -0.946. The van der Waals surface area contributed by atoms with Gasteiger partial charge in [0.1, 0.15) is 0 Å². The molecular formula is C19H18NaO5Y-. The van der Waals surface area contributed by atoms with Crippen molar-refractivity contribution in [2.45, 2.75) is 0 Å². The third-order valence-electron chi connectivity index (χ3n) is 3.10. The summed E-state index contributed by atoms with van der Waals surface area (Å²) in [6, 6.07) is 13.2. The summed E-state index contributed by atoms with van der Waals surface area (Å²) in [6.45, 7) is 0. The maximum absolute atomic E-state index is 11.9. The Bertz CT molecular complexity index is 759. The van der Waals surface area contributed by atoms with Gasteiger partial charge in [-0.1, -0.05) is 18.2 Å². The Balaban J connectivity index is 0. The van der Waals surface area contributed by atoms with Gasteiger partial charge in [-0.25, -0.2) is 0 Å². The van der Waals surface area contributed by atoms with E-state index in [0.717, 1.165) is 11.1 Å². The van der Waals surface area contributed by atoms with Crippen LogP contribution in [0.3, 0.4) is 0 Å². The Kier molecular flexibility index (Phi) is 14.8. The molecule has 1 radical (unpaired) electrons. The van der Waals surface area contributed by atoms with Crippen LogP contribution in [0.2, 0.25) is 0 Å². The number of rotatable bonds is 6. The number of methoxy groups -OCH3 is 2. The molecule has 0 atom stereocenters. The number of ketones is 1. The van der Waals surface area contributed by atoms with E-state index in [9.17, 15) is 9.90 Å². The van der Waals surface area contributed by atoms with Gasteiger partial charge in [0.15, 0.2) is 17.3 Å². The minimum atomic E-state index is -0.149. The first-order valence-electron chi connectivity index (χ1n) is 6.95. The maximum atomic E-state index is 11.9. The van der Waals surface area contributed by atoms with Crippen molar-refractivity contribution >= 4 is 17.9 Å². The fraction of sp³-hybridized carbons (Fsp3) is 0.105. The second-order valence-corrected chi connectivity index (χ2v) is 4.69. The fourth-order valence-corrected chi connectivity index (χ4v) is 1.89. The molecule has 7 heteroatoms. The fourth-order valence-electron chi connectivity index (χ4n) is 1.89. The first-order chi connectivity index (χ1) is 11.1. The predicted molar refractivity (Wildman–Crippen MR) is 91.5 cm³/mol. The van der Waals surface area contributed by atoms with Crippen LogP contribution in [0.25, 0.3) is 12.2 Å². The summed E-state index contributed by atoms with van der Waals surface area (Å²) in [5.74, 6) is 0.892. The molecule has 2 aromatic rings. The van der Waals surface area contributed by atoms with Crippen molar-refractivity contribution in [3.05, 3.63) is 65.7 Å². The van der Waals surface area contributed by atoms with Crippen LogP contribution in [0.1, 0.15) is 11.1 Å². The van der Waals surface area contributed by atoms with Crippen LogP contribution < -0.4 is 39.0 Å². The van der Waals surface area contributed by atoms with E-state index in [2.05, 4.69) is 6.07 Å². The summed E-state index contributed by atoms with van der Waals surface area (Å²) in [4.78, 5) is 11.9. The number of carbonyl (C=O) groups excluding carboxylic acids is 1. The largest absolute Gasteiger partial charge is 1.00 e. The van der Waals surface area contributed by atoms with Crippen molar-refractivity contribution in [1.82, 2.24) is 0 Å². The maximum Gasteiger partial charge on any atom is 1.00 e. The molecule has 5 nitrogen and oxygen atoms in total. The van der Waals surface area contributed by atoms with E-state index in [-0.39, 0.29) is 79.3 Å². The van der Waals surface area contributed by atoms with Crippen molar-refractivity contribution in [1.29, 1.82) is 0 Å². The molecular weight excluding hydrogens is 420 g/mol. The van der Waals surface area contributed by atoms with E-state index in [1.165, 1.54) is 25.3 Å². The van der Waals surface area contributed by atoms with Gasteiger partial charge in [-0.3, -0.25) is 4.79 Å². The summed E-state index contributed by atoms with van der Waals surface area (Å²) in [5, 5.41) is 9.53. The third-order valence-corrected chi connectivity index (χ3v) is 3.10. The zero-order valence-corrected chi connectivity index (χ0v) is 19.8. The molecule has 0 aliphatic heterocycles. The van der Waals surface area contributed by atoms with Crippen LogP contribution >= 0.6 is 0 Å². The van der Waals surface area contributed by atoms with Crippen molar-refractivity contribution in [3.63, 3.8) is 0 Å². The topological polar surface area (TPSA) is 85.8 Å². The van der Waals surface area contributed by atoms with Crippen molar-refractivity contribution in [3.8, 4) is 17.2 Å². The van der Waals surface area contributed by atoms with Gasteiger partial charge in [-0.15, -0.1) is 17.7 Å². The molecule has 2 rings (SSSR count). The second kappa shape index (κ2) is 14.2. The first-order valence-corrected chi connectivity index (χ1v) is 6.95. The quantitative estimate of drug-likeness (QED) is 0.399. The van der Waals surface area contributed by atoms with Crippen molar-refractivity contribution < 1.29 is 87.1 Å². The monoisotopic (exact) mass is 438 g/mol. The molecule has 0 unspecified atom stereocenters. The van der Waals surface area contributed by atoms with E-state index in [1.54, 1.807) is 43.5 Å². The molecule has 0 saturated carbocycles. The average Bonchev–Trinajstić information content (AvgIpc) is 2.59. The number of benzene rings is 2. The number of phenols is 1. The molecule has 0 spiro atoms. The number of carbonyl (C=O) groups is 1. The molecule has 2 aromatic carbocycles. The molecule has 129 valence electrons. The summed E-state index contributed by atoms with van der Waals surface area (Å²) >= 11 is 0. The number of hydrogen-bond acceptors (Lipinski definition) is 5. The van der Waals surface area contributed by atoms with E-state index in [0.29, 0.717) is 11.5 Å².